The molecule has 10 heteroatoms. The average molecular weight is 525 g/mol. The summed E-state index contributed by atoms with van der Waals surface area (Å²) in [6, 6.07) is 10.1. The van der Waals surface area contributed by atoms with E-state index in [9.17, 15) is 4.79 Å². The van der Waals surface area contributed by atoms with Gasteiger partial charge in [-0.05, 0) is 63.1 Å². The van der Waals surface area contributed by atoms with Crippen LogP contribution in [0.15, 0.2) is 46.5 Å². The highest BCUT2D eigenvalue weighted by atomic mass is 32.2. The molecule has 2 aliphatic carbocycles. The second-order valence-corrected chi connectivity index (χ2v) is 11.1. The summed E-state index contributed by atoms with van der Waals surface area (Å²) in [5.41, 5.74) is 4.67. The fraction of sp³-hybridized carbons (Fsp3) is 0.393. The van der Waals surface area contributed by atoms with Gasteiger partial charge in [-0.1, -0.05) is 12.1 Å². The Bertz CT molecular complexity index is 1600. The second-order valence-electron chi connectivity index (χ2n) is 10.1. The number of hydrogen-bond acceptors (Lipinski definition) is 9. The molecule has 1 atom stereocenters. The van der Waals surface area contributed by atoms with Crippen LogP contribution in [-0.4, -0.2) is 35.2 Å². The fourth-order valence-electron chi connectivity index (χ4n) is 4.84. The monoisotopic (exact) mass is 524 g/mol. The van der Waals surface area contributed by atoms with Crippen molar-refractivity contribution in [2.24, 2.45) is 5.92 Å². The van der Waals surface area contributed by atoms with Gasteiger partial charge in [-0.25, -0.2) is 24.9 Å². The fourth-order valence-corrected chi connectivity index (χ4v) is 5.40. The summed E-state index contributed by atoms with van der Waals surface area (Å²) < 4.78 is 1.80. The normalized spacial score (nSPS) is 15.8. The van der Waals surface area contributed by atoms with Crippen LogP contribution < -0.4 is 10.9 Å². The molecule has 0 spiro atoms. The van der Waals surface area contributed by atoms with Crippen molar-refractivity contribution in [1.29, 1.82) is 5.26 Å². The number of aryl methyl sites for hydroxylation is 1. The lowest BCUT2D eigenvalue weighted by atomic mass is 10.1. The maximum Gasteiger partial charge on any atom is 0.295 e. The number of rotatable bonds is 9. The highest BCUT2D eigenvalue weighted by Crippen LogP contribution is 2.43. The van der Waals surface area contributed by atoms with Crippen molar-refractivity contribution < 1.29 is 0 Å². The number of thioether (sulfide) groups is 1. The standard InChI is InChI=1S/C28H28N8OS/c1-16-23(24(20-7-8-20)33-15-32-16)25-31-14-22-27(35-25)36(17(2)19-5-6-19)28(37)26(34-22)30-13-18-3-9-21(10-4-18)38-12-11-29/h3-4,9-10,14-15,17,19-20H,5-8,12-13H2,1-2H3,(H,30,34). The van der Waals surface area contributed by atoms with Gasteiger partial charge < -0.3 is 5.32 Å². The lowest BCUT2D eigenvalue weighted by Crippen LogP contribution is -2.29. The van der Waals surface area contributed by atoms with Gasteiger partial charge in [-0.3, -0.25) is 9.36 Å². The molecule has 0 bridgehead atoms. The summed E-state index contributed by atoms with van der Waals surface area (Å²) in [5.74, 6) is 2.13. The first-order valence-corrected chi connectivity index (χ1v) is 14.0. The Labute approximate surface area is 224 Å². The highest BCUT2D eigenvalue weighted by Gasteiger charge is 2.33. The van der Waals surface area contributed by atoms with Crippen molar-refractivity contribution in [2.75, 3.05) is 11.1 Å². The third kappa shape index (κ3) is 4.86. The molecule has 2 fully saturated rings. The summed E-state index contributed by atoms with van der Waals surface area (Å²) in [4.78, 5) is 38.0. The Balaban J connectivity index is 1.37. The molecule has 1 unspecified atom stereocenters. The van der Waals surface area contributed by atoms with Gasteiger partial charge in [0.05, 0.1) is 35.0 Å². The Kier molecular flexibility index (Phi) is 6.54. The molecule has 3 heterocycles. The molecule has 4 aromatic rings. The van der Waals surface area contributed by atoms with E-state index in [1.165, 1.54) is 11.8 Å². The molecular formula is C28H28N8OS. The first-order valence-electron chi connectivity index (χ1n) is 13.0. The van der Waals surface area contributed by atoms with Crippen molar-refractivity contribution in [3.05, 3.63) is 64.1 Å². The maximum atomic E-state index is 13.8. The number of aromatic nitrogens is 6. The third-order valence-corrected chi connectivity index (χ3v) is 8.16. The molecule has 0 amide bonds. The largest absolute Gasteiger partial charge is 0.361 e. The van der Waals surface area contributed by atoms with Crippen LogP contribution in [0.3, 0.4) is 0 Å². The van der Waals surface area contributed by atoms with Crippen LogP contribution in [0, 0.1) is 24.2 Å². The molecule has 1 N–H and O–H groups in total. The number of nitriles is 1. The highest BCUT2D eigenvalue weighted by molar-refractivity contribution is 7.99. The van der Waals surface area contributed by atoms with Gasteiger partial charge in [0.2, 0.25) is 0 Å². The van der Waals surface area contributed by atoms with Gasteiger partial charge in [0.25, 0.3) is 5.56 Å². The van der Waals surface area contributed by atoms with E-state index in [4.69, 9.17) is 10.2 Å². The van der Waals surface area contributed by atoms with Crippen LogP contribution >= 0.6 is 11.8 Å². The molecule has 1 aromatic carbocycles. The van der Waals surface area contributed by atoms with Gasteiger partial charge >= 0.3 is 0 Å². The van der Waals surface area contributed by atoms with Crippen LogP contribution in [0.25, 0.3) is 22.6 Å². The van der Waals surface area contributed by atoms with Gasteiger partial charge in [0.15, 0.2) is 17.3 Å². The zero-order chi connectivity index (χ0) is 26.2. The number of nitrogens with zero attached hydrogens (tertiary/aromatic N) is 7. The van der Waals surface area contributed by atoms with Crippen LogP contribution in [0.2, 0.25) is 0 Å². The molecule has 9 nitrogen and oxygen atoms in total. The van der Waals surface area contributed by atoms with Crippen molar-refractivity contribution in [1.82, 2.24) is 29.5 Å². The van der Waals surface area contributed by atoms with Crippen molar-refractivity contribution in [3.8, 4) is 17.5 Å². The molecule has 2 aliphatic rings. The zero-order valence-corrected chi connectivity index (χ0v) is 22.2. The van der Waals surface area contributed by atoms with E-state index in [1.54, 1.807) is 17.1 Å². The number of anilines is 1. The smallest absolute Gasteiger partial charge is 0.295 e. The number of hydrogen-bond donors (Lipinski definition) is 1. The van der Waals surface area contributed by atoms with Crippen molar-refractivity contribution in [3.63, 3.8) is 0 Å². The summed E-state index contributed by atoms with van der Waals surface area (Å²) in [5, 5.41) is 12.0. The lowest BCUT2D eigenvalue weighted by Gasteiger charge is -2.19. The quantitative estimate of drug-likeness (QED) is 0.300. The predicted octanol–water partition coefficient (Wildman–Crippen LogP) is 5.03. The van der Waals surface area contributed by atoms with E-state index in [-0.39, 0.29) is 11.6 Å². The third-order valence-electron chi connectivity index (χ3n) is 7.28. The van der Waals surface area contributed by atoms with E-state index in [0.29, 0.717) is 46.9 Å². The Morgan fingerprint density at radius 3 is 2.63 bits per heavy atom. The molecule has 192 valence electrons. The van der Waals surface area contributed by atoms with E-state index in [2.05, 4.69) is 38.2 Å². The SMILES string of the molecule is Cc1ncnc(C2CC2)c1-c1ncc2nc(NCc3ccc(SCC#N)cc3)c(=O)n(C(C)C3CC3)c2n1. The summed E-state index contributed by atoms with van der Waals surface area (Å²) in [6.07, 6.45) is 7.74. The summed E-state index contributed by atoms with van der Waals surface area (Å²) in [7, 11) is 0. The molecule has 2 saturated carbocycles. The molecule has 3 aromatic heterocycles. The van der Waals surface area contributed by atoms with E-state index in [1.807, 2.05) is 31.2 Å². The van der Waals surface area contributed by atoms with Gasteiger partial charge in [0, 0.05) is 23.4 Å². The first-order chi connectivity index (χ1) is 18.5. The minimum atomic E-state index is -0.175. The molecule has 0 saturated heterocycles. The Hall–Kier alpha value is -3.84. The number of fused-ring (bicyclic) bond motifs is 1. The van der Waals surface area contributed by atoms with Gasteiger partial charge in [-0.2, -0.15) is 5.26 Å². The summed E-state index contributed by atoms with van der Waals surface area (Å²) in [6.45, 7) is 4.50. The molecular weight excluding hydrogens is 496 g/mol. The molecule has 0 radical (unpaired) electrons. The van der Waals surface area contributed by atoms with Crippen molar-refractivity contribution >= 4 is 28.7 Å². The van der Waals surface area contributed by atoms with Gasteiger partial charge in [0.1, 0.15) is 11.8 Å². The van der Waals surface area contributed by atoms with Crippen LogP contribution in [-0.2, 0) is 6.54 Å². The first kappa shape index (κ1) is 24.5. The van der Waals surface area contributed by atoms with E-state index < -0.39 is 0 Å². The van der Waals surface area contributed by atoms with Crippen molar-refractivity contribution in [2.45, 2.75) is 62.9 Å². The molecule has 6 rings (SSSR count). The Morgan fingerprint density at radius 1 is 1.13 bits per heavy atom. The van der Waals surface area contributed by atoms with E-state index >= 15 is 0 Å². The van der Waals surface area contributed by atoms with E-state index in [0.717, 1.165) is 53.1 Å². The number of nitrogens with one attached hydrogen (secondary N) is 1. The van der Waals surface area contributed by atoms with Gasteiger partial charge in [-0.15, -0.1) is 11.8 Å². The predicted molar refractivity (Wildman–Crippen MR) is 147 cm³/mol. The second kappa shape index (κ2) is 10.1. The maximum absolute atomic E-state index is 13.8. The van der Waals surface area contributed by atoms with Crippen LogP contribution in [0.5, 0.6) is 0 Å². The molecule has 0 aliphatic heterocycles. The summed E-state index contributed by atoms with van der Waals surface area (Å²) >= 11 is 1.50. The van der Waals surface area contributed by atoms with Crippen LogP contribution in [0.4, 0.5) is 5.82 Å². The van der Waals surface area contributed by atoms with Crippen LogP contribution in [0.1, 0.15) is 61.5 Å². The molecule has 38 heavy (non-hydrogen) atoms. The lowest BCUT2D eigenvalue weighted by molar-refractivity contribution is 0.482. The topological polar surface area (TPSA) is 122 Å². The Morgan fingerprint density at radius 2 is 1.92 bits per heavy atom. The minimum absolute atomic E-state index is 0.00349. The minimum Gasteiger partial charge on any atom is -0.361 e. The zero-order valence-electron chi connectivity index (χ0n) is 21.4. The average Bonchev–Trinajstić information content (AvgIpc) is 3.84. The number of benzene rings is 1.